The first-order valence-corrected chi connectivity index (χ1v) is 10.6. The fourth-order valence-corrected chi connectivity index (χ4v) is 4.56. The highest BCUT2D eigenvalue weighted by Crippen LogP contribution is 2.23. The van der Waals surface area contributed by atoms with E-state index < -0.39 is 16.1 Å². The number of benzene rings is 1. The van der Waals surface area contributed by atoms with Crippen molar-refractivity contribution in [3.63, 3.8) is 0 Å². The van der Waals surface area contributed by atoms with Crippen LogP contribution >= 0.6 is 12.4 Å². The second-order valence-electron chi connectivity index (χ2n) is 7.28. The van der Waals surface area contributed by atoms with E-state index in [1.165, 1.54) is 0 Å². The molecular formula is C18H27ClN4O3S. The molecule has 0 bridgehead atoms. The van der Waals surface area contributed by atoms with E-state index in [2.05, 4.69) is 20.3 Å². The summed E-state index contributed by atoms with van der Waals surface area (Å²) in [7, 11) is -3.60. The van der Waals surface area contributed by atoms with Gasteiger partial charge in [-0.25, -0.2) is 8.42 Å². The van der Waals surface area contributed by atoms with Gasteiger partial charge in [-0.2, -0.15) is 0 Å². The van der Waals surface area contributed by atoms with Crippen LogP contribution in [0.4, 0.5) is 0 Å². The Balaban J connectivity index is 0.00000261. The number of hydrogen-bond donors (Lipinski definition) is 3. The number of rotatable bonds is 5. The number of carbonyl (C=O) groups is 1. The summed E-state index contributed by atoms with van der Waals surface area (Å²) in [5.74, 6) is 0.361. The van der Waals surface area contributed by atoms with Gasteiger partial charge in [-0.3, -0.25) is 14.5 Å². The number of carbonyl (C=O) groups excluding carboxylic acids is 1. The van der Waals surface area contributed by atoms with Crippen LogP contribution in [0.2, 0.25) is 0 Å². The minimum absolute atomic E-state index is 0. The van der Waals surface area contributed by atoms with E-state index in [0.717, 1.165) is 25.9 Å². The molecule has 3 N–H and O–H groups in total. The van der Waals surface area contributed by atoms with Crippen molar-refractivity contribution in [3.05, 3.63) is 29.8 Å². The molecule has 1 saturated heterocycles. The highest BCUT2D eigenvalue weighted by Gasteiger charge is 2.32. The van der Waals surface area contributed by atoms with E-state index >= 15 is 0 Å². The van der Waals surface area contributed by atoms with Crippen LogP contribution in [0.25, 0.3) is 0 Å². The highest BCUT2D eigenvalue weighted by atomic mass is 35.5. The molecule has 2 aliphatic heterocycles. The second kappa shape index (κ2) is 9.03. The molecule has 0 saturated carbocycles. The molecule has 2 atom stereocenters. The molecule has 1 aromatic rings. The maximum Gasteiger partial charge on any atom is 0.263 e. The molecule has 150 valence electrons. The van der Waals surface area contributed by atoms with E-state index in [-0.39, 0.29) is 41.0 Å². The van der Waals surface area contributed by atoms with Gasteiger partial charge in [-0.15, -0.1) is 12.4 Å². The maximum absolute atomic E-state index is 12.8. The smallest absolute Gasteiger partial charge is 0.263 e. The third-order valence-corrected chi connectivity index (χ3v) is 5.99. The number of fused-ring (bicyclic) bond motifs is 1. The van der Waals surface area contributed by atoms with E-state index in [9.17, 15) is 13.2 Å². The SMILES string of the molecule is CC(C)CC(N=C1NS(=O)(=O)c2ccccc21)C(=O)NC1CCCNC1.Cl. The molecule has 0 radical (unpaired) electrons. The molecular weight excluding hydrogens is 388 g/mol. The molecule has 2 unspecified atom stereocenters. The number of nitrogens with one attached hydrogen (secondary N) is 3. The van der Waals surface area contributed by atoms with Gasteiger partial charge in [0.2, 0.25) is 5.91 Å². The van der Waals surface area contributed by atoms with Gasteiger partial charge in [0.05, 0.1) is 4.90 Å². The van der Waals surface area contributed by atoms with Crippen molar-refractivity contribution < 1.29 is 13.2 Å². The topological polar surface area (TPSA) is 99.7 Å². The van der Waals surface area contributed by atoms with Crippen LogP contribution in [0.15, 0.2) is 34.2 Å². The van der Waals surface area contributed by atoms with Crippen molar-refractivity contribution in [1.29, 1.82) is 0 Å². The highest BCUT2D eigenvalue weighted by molar-refractivity contribution is 7.90. The van der Waals surface area contributed by atoms with Gasteiger partial charge < -0.3 is 10.6 Å². The predicted octanol–water partition coefficient (Wildman–Crippen LogP) is 1.43. The van der Waals surface area contributed by atoms with Gasteiger partial charge >= 0.3 is 0 Å². The molecule has 2 heterocycles. The molecule has 27 heavy (non-hydrogen) atoms. The quantitative estimate of drug-likeness (QED) is 0.678. The molecule has 9 heteroatoms. The van der Waals surface area contributed by atoms with Gasteiger partial charge in [-0.1, -0.05) is 26.0 Å². The lowest BCUT2D eigenvalue weighted by Gasteiger charge is -2.25. The summed E-state index contributed by atoms with van der Waals surface area (Å²) in [4.78, 5) is 17.5. The number of nitrogens with zero attached hydrogens (tertiary/aromatic N) is 1. The van der Waals surface area contributed by atoms with Crippen molar-refractivity contribution in [3.8, 4) is 0 Å². The fourth-order valence-electron chi connectivity index (χ4n) is 3.32. The Labute approximate surface area is 166 Å². The number of sulfonamides is 1. The lowest BCUT2D eigenvalue weighted by Crippen LogP contribution is -2.48. The van der Waals surface area contributed by atoms with Crippen LogP contribution in [0.5, 0.6) is 0 Å². The molecule has 1 fully saturated rings. The number of amides is 1. The zero-order valence-electron chi connectivity index (χ0n) is 15.6. The Hall–Kier alpha value is -1.64. The summed E-state index contributed by atoms with van der Waals surface area (Å²) in [5, 5.41) is 6.33. The minimum atomic E-state index is -3.60. The first kappa shape index (κ1) is 21.7. The third kappa shape index (κ3) is 5.21. The van der Waals surface area contributed by atoms with Crippen molar-refractivity contribution >= 4 is 34.2 Å². The van der Waals surface area contributed by atoms with Gasteiger partial charge in [0, 0.05) is 18.2 Å². The standard InChI is InChI=1S/C18H26N4O3S.ClH/c1-12(2)10-15(18(23)20-13-6-5-9-19-11-13)21-17-14-7-3-4-8-16(14)26(24,25)22-17;/h3-4,7-8,12-13,15,19H,5-6,9-11H2,1-2H3,(H,20,23)(H,21,22);1H. The fraction of sp³-hybridized carbons (Fsp3) is 0.556. The van der Waals surface area contributed by atoms with Crippen LogP contribution < -0.4 is 15.4 Å². The Morgan fingerprint density at radius 3 is 2.74 bits per heavy atom. The zero-order valence-corrected chi connectivity index (χ0v) is 17.2. The summed E-state index contributed by atoms with van der Waals surface area (Å²) in [5.41, 5.74) is 0.522. The van der Waals surface area contributed by atoms with Gasteiger partial charge in [0.1, 0.15) is 11.9 Å². The lowest BCUT2D eigenvalue weighted by atomic mass is 10.0. The van der Waals surface area contributed by atoms with E-state index in [0.29, 0.717) is 12.0 Å². The van der Waals surface area contributed by atoms with Crippen LogP contribution in [-0.4, -0.2) is 45.3 Å². The van der Waals surface area contributed by atoms with Crippen molar-refractivity contribution in [2.24, 2.45) is 10.9 Å². The summed E-state index contributed by atoms with van der Waals surface area (Å²) in [6.45, 7) is 5.78. The molecule has 1 aromatic carbocycles. The van der Waals surface area contributed by atoms with Crippen molar-refractivity contribution in [2.75, 3.05) is 13.1 Å². The Kier molecular flexibility index (Phi) is 7.25. The Bertz CT molecular complexity index is 805. The average molecular weight is 415 g/mol. The summed E-state index contributed by atoms with van der Waals surface area (Å²) in [6.07, 6.45) is 2.53. The Morgan fingerprint density at radius 2 is 2.07 bits per heavy atom. The molecule has 0 aromatic heterocycles. The maximum atomic E-state index is 12.8. The predicted molar refractivity (Wildman–Crippen MR) is 108 cm³/mol. The number of hydrogen-bond acceptors (Lipinski definition) is 5. The normalized spacial score (nSPS) is 23.2. The molecule has 1 amide bonds. The summed E-state index contributed by atoms with van der Waals surface area (Å²) in [6, 6.07) is 6.17. The van der Waals surface area contributed by atoms with Crippen LogP contribution in [0, 0.1) is 5.92 Å². The van der Waals surface area contributed by atoms with Gasteiger partial charge in [0.25, 0.3) is 10.0 Å². The van der Waals surface area contributed by atoms with Crippen molar-refractivity contribution in [1.82, 2.24) is 15.4 Å². The van der Waals surface area contributed by atoms with Crippen LogP contribution in [0.3, 0.4) is 0 Å². The van der Waals surface area contributed by atoms with Crippen LogP contribution in [0.1, 0.15) is 38.7 Å². The van der Waals surface area contributed by atoms with E-state index in [4.69, 9.17) is 0 Å². The van der Waals surface area contributed by atoms with E-state index in [1.807, 2.05) is 13.8 Å². The number of aliphatic imine (C=N–C) groups is 1. The molecule has 7 nitrogen and oxygen atoms in total. The van der Waals surface area contributed by atoms with Crippen molar-refractivity contribution in [2.45, 2.75) is 50.1 Å². The number of amidine groups is 1. The molecule has 2 aliphatic rings. The summed E-state index contributed by atoms with van der Waals surface area (Å²) < 4.78 is 27.0. The molecule has 0 aliphatic carbocycles. The first-order chi connectivity index (χ1) is 12.4. The number of halogens is 1. The third-order valence-electron chi connectivity index (χ3n) is 4.59. The lowest BCUT2D eigenvalue weighted by molar-refractivity contribution is -0.123. The van der Waals surface area contributed by atoms with Gasteiger partial charge in [0.15, 0.2) is 0 Å². The summed E-state index contributed by atoms with van der Waals surface area (Å²) >= 11 is 0. The number of piperidine rings is 1. The largest absolute Gasteiger partial charge is 0.350 e. The second-order valence-corrected chi connectivity index (χ2v) is 8.93. The van der Waals surface area contributed by atoms with Gasteiger partial charge in [-0.05, 0) is 43.9 Å². The molecule has 3 rings (SSSR count). The average Bonchev–Trinajstić information content (AvgIpc) is 2.86. The monoisotopic (exact) mass is 414 g/mol. The Morgan fingerprint density at radius 1 is 1.33 bits per heavy atom. The molecule has 0 spiro atoms. The zero-order chi connectivity index (χ0) is 18.7. The van der Waals surface area contributed by atoms with E-state index in [1.54, 1.807) is 24.3 Å². The van der Waals surface area contributed by atoms with Crippen LogP contribution in [-0.2, 0) is 14.8 Å². The first-order valence-electron chi connectivity index (χ1n) is 9.08. The minimum Gasteiger partial charge on any atom is -0.350 e.